The van der Waals surface area contributed by atoms with Crippen LogP contribution in [0.5, 0.6) is 11.5 Å². The van der Waals surface area contributed by atoms with Crippen molar-refractivity contribution in [3.05, 3.63) is 23.8 Å². The Morgan fingerprint density at radius 1 is 1.06 bits per heavy atom. The number of nitrogens with zero attached hydrogens (tertiary/aromatic N) is 1. The van der Waals surface area contributed by atoms with E-state index in [-0.39, 0.29) is 5.91 Å². The average molecular weight is 491 g/mol. The second-order valence-corrected chi connectivity index (χ2v) is 9.23. The lowest BCUT2D eigenvalue weighted by Crippen LogP contribution is -2.47. The first kappa shape index (κ1) is 26.8. The molecule has 0 aromatic heterocycles. The van der Waals surface area contributed by atoms with Crippen LogP contribution >= 0.6 is 0 Å². The summed E-state index contributed by atoms with van der Waals surface area (Å²) >= 11 is 0. The third-order valence-corrected chi connectivity index (χ3v) is 6.32. The third-order valence-electron chi connectivity index (χ3n) is 6.32. The number of carbonyl (C=O) groups excluding carboxylic acids is 2. The molecule has 0 radical (unpaired) electrons. The molecule has 0 saturated carbocycles. The molecule has 1 saturated heterocycles. The number of carboxylic acid groups (broad SMARTS) is 1. The first-order valence-corrected chi connectivity index (χ1v) is 12.8. The molecule has 2 N–H and O–H groups in total. The Bertz CT molecular complexity index is 854. The van der Waals surface area contributed by atoms with E-state index in [4.69, 9.17) is 19.3 Å². The fourth-order valence-corrected chi connectivity index (χ4v) is 4.55. The number of nitrogens with one attached hydrogen (secondary N) is 1. The highest BCUT2D eigenvalue weighted by atomic mass is 16.6. The molecule has 0 unspecified atom stereocenters. The molecule has 194 valence electrons. The molecule has 0 spiro atoms. The predicted octanol–water partition coefficient (Wildman–Crippen LogP) is 3.46. The van der Waals surface area contributed by atoms with Gasteiger partial charge in [-0.05, 0) is 50.0 Å². The molecular weight excluding hydrogens is 452 g/mol. The fraction of sp³-hybridized carbons (Fsp3) is 0.654. The van der Waals surface area contributed by atoms with E-state index in [1.807, 2.05) is 0 Å². The van der Waals surface area contributed by atoms with E-state index in [2.05, 4.69) is 17.1 Å². The van der Waals surface area contributed by atoms with E-state index in [0.717, 1.165) is 58.0 Å². The summed E-state index contributed by atoms with van der Waals surface area (Å²) < 4.78 is 17.0. The lowest BCUT2D eigenvalue weighted by atomic mass is 10.00. The molecule has 2 aliphatic heterocycles. The number of aliphatic carboxylic acids is 1. The number of ether oxygens (including phenoxy) is 3. The van der Waals surface area contributed by atoms with Gasteiger partial charge in [-0.25, -0.2) is 0 Å². The van der Waals surface area contributed by atoms with Gasteiger partial charge in [-0.3, -0.25) is 14.4 Å². The number of hydrogen-bond donors (Lipinski definition) is 2. The highest BCUT2D eigenvalue weighted by molar-refractivity contribution is 5.90. The minimum atomic E-state index is -1.26. The largest absolute Gasteiger partial charge is 0.486 e. The molecule has 1 amide bonds. The molecule has 2 atom stereocenters. The van der Waals surface area contributed by atoms with Gasteiger partial charge >= 0.3 is 11.9 Å². The van der Waals surface area contributed by atoms with Gasteiger partial charge in [-0.1, -0.05) is 38.7 Å². The van der Waals surface area contributed by atoms with Crippen molar-refractivity contribution in [2.24, 2.45) is 0 Å². The Morgan fingerprint density at radius 2 is 1.77 bits per heavy atom. The van der Waals surface area contributed by atoms with Crippen LogP contribution in [0.4, 0.5) is 0 Å². The zero-order valence-corrected chi connectivity index (χ0v) is 20.6. The summed E-state index contributed by atoms with van der Waals surface area (Å²) in [6, 6.07) is 4.75. The molecule has 2 aliphatic rings. The van der Waals surface area contributed by atoms with Crippen molar-refractivity contribution >= 4 is 17.8 Å². The monoisotopic (exact) mass is 490 g/mol. The summed E-state index contributed by atoms with van der Waals surface area (Å²) in [6.45, 7) is 5.32. The Labute approximate surface area is 207 Å². The zero-order chi connectivity index (χ0) is 25.0. The Kier molecular flexibility index (Phi) is 10.7. The Morgan fingerprint density at radius 3 is 2.49 bits per heavy atom. The van der Waals surface area contributed by atoms with Gasteiger partial charge in [0.1, 0.15) is 25.7 Å². The van der Waals surface area contributed by atoms with Crippen molar-refractivity contribution in [3.8, 4) is 11.5 Å². The number of amides is 1. The molecule has 0 aliphatic carbocycles. The first-order chi connectivity index (χ1) is 17.0. The van der Waals surface area contributed by atoms with Gasteiger partial charge in [-0.2, -0.15) is 0 Å². The lowest BCUT2D eigenvalue weighted by molar-refractivity contribution is -0.157. The summed E-state index contributed by atoms with van der Waals surface area (Å²) in [5.74, 6) is -1.07. The predicted molar refractivity (Wildman–Crippen MR) is 129 cm³/mol. The van der Waals surface area contributed by atoms with Gasteiger partial charge in [0.2, 0.25) is 5.91 Å². The number of benzene rings is 1. The molecule has 1 fully saturated rings. The third kappa shape index (κ3) is 8.72. The van der Waals surface area contributed by atoms with Crippen LogP contribution < -0.4 is 14.8 Å². The summed E-state index contributed by atoms with van der Waals surface area (Å²) in [5.41, 5.74) is 0.625. The summed E-state index contributed by atoms with van der Waals surface area (Å²) in [5, 5.41) is 12.2. The van der Waals surface area contributed by atoms with Gasteiger partial charge in [-0.15, -0.1) is 0 Å². The topological polar surface area (TPSA) is 114 Å². The molecule has 9 heteroatoms. The van der Waals surface area contributed by atoms with Crippen LogP contribution in [0.3, 0.4) is 0 Å². The Balaban J connectivity index is 1.80. The lowest BCUT2D eigenvalue weighted by Gasteiger charge is -2.32. The van der Waals surface area contributed by atoms with E-state index in [1.165, 1.54) is 0 Å². The first-order valence-electron chi connectivity index (χ1n) is 12.8. The highest BCUT2D eigenvalue weighted by Gasteiger charge is 2.32. The number of esters is 1. The standard InChI is InChI=1S/C26H38N2O7/c1-2-3-4-5-6-9-23(29)27-20(18-28-12-7-8-13-28)26(35-25(32)17-24(30)31)19-10-11-21-22(16-19)34-15-14-33-21/h10-11,16,20,26H,2-9,12-15,17-18H2,1H3,(H,27,29)(H,30,31)/t20-,26-/m1/s1. The van der Waals surface area contributed by atoms with Crippen molar-refractivity contribution in [1.82, 2.24) is 10.2 Å². The number of carbonyl (C=O) groups is 3. The van der Waals surface area contributed by atoms with Crippen LogP contribution in [0.15, 0.2) is 18.2 Å². The van der Waals surface area contributed by atoms with Crippen molar-refractivity contribution in [2.45, 2.75) is 76.9 Å². The van der Waals surface area contributed by atoms with Crippen LogP contribution in [0.2, 0.25) is 0 Å². The maximum Gasteiger partial charge on any atom is 0.317 e. The summed E-state index contributed by atoms with van der Waals surface area (Å²) in [4.78, 5) is 38.7. The number of unbranched alkanes of at least 4 members (excludes halogenated alkanes) is 4. The van der Waals surface area contributed by atoms with E-state index >= 15 is 0 Å². The molecule has 0 bridgehead atoms. The van der Waals surface area contributed by atoms with E-state index < -0.39 is 30.5 Å². The maximum atomic E-state index is 12.9. The van der Waals surface area contributed by atoms with Crippen LogP contribution in [0, 0.1) is 0 Å². The van der Waals surface area contributed by atoms with Crippen LogP contribution in [-0.4, -0.2) is 66.7 Å². The Hall–Kier alpha value is -2.81. The second-order valence-electron chi connectivity index (χ2n) is 9.23. The molecule has 2 heterocycles. The van der Waals surface area contributed by atoms with Gasteiger partial charge in [0.25, 0.3) is 0 Å². The number of rotatable bonds is 14. The van der Waals surface area contributed by atoms with Crippen LogP contribution in [0.1, 0.15) is 76.4 Å². The smallest absolute Gasteiger partial charge is 0.317 e. The molecule has 3 rings (SSSR count). The number of carboxylic acids is 1. The van der Waals surface area contributed by atoms with Crippen LogP contribution in [0.25, 0.3) is 0 Å². The summed E-state index contributed by atoms with van der Waals surface area (Å²) in [6.07, 6.45) is 6.15. The van der Waals surface area contributed by atoms with E-state index in [9.17, 15) is 14.4 Å². The molecule has 9 nitrogen and oxygen atoms in total. The number of fused-ring (bicyclic) bond motifs is 1. The summed E-state index contributed by atoms with van der Waals surface area (Å²) in [7, 11) is 0. The van der Waals surface area contributed by atoms with Gasteiger partial charge in [0.05, 0.1) is 6.04 Å². The second kappa shape index (κ2) is 13.9. The van der Waals surface area contributed by atoms with Crippen molar-refractivity contribution < 1.29 is 33.7 Å². The van der Waals surface area contributed by atoms with Crippen molar-refractivity contribution in [2.75, 3.05) is 32.8 Å². The van der Waals surface area contributed by atoms with Gasteiger partial charge in [0, 0.05) is 13.0 Å². The van der Waals surface area contributed by atoms with Gasteiger partial charge < -0.3 is 29.5 Å². The highest BCUT2D eigenvalue weighted by Crippen LogP contribution is 2.35. The average Bonchev–Trinajstić information content (AvgIpc) is 3.34. The van der Waals surface area contributed by atoms with Crippen molar-refractivity contribution in [1.29, 1.82) is 0 Å². The minimum Gasteiger partial charge on any atom is -0.486 e. The van der Waals surface area contributed by atoms with E-state index in [1.54, 1.807) is 18.2 Å². The SMILES string of the molecule is CCCCCCCC(=O)N[C@H](CN1CCCC1)[C@H](OC(=O)CC(=O)O)c1ccc2c(c1)OCCO2. The van der Waals surface area contributed by atoms with Crippen LogP contribution in [-0.2, 0) is 19.1 Å². The molecular formula is C26H38N2O7. The normalized spacial score (nSPS) is 16.9. The minimum absolute atomic E-state index is 0.0949. The van der Waals surface area contributed by atoms with Crippen molar-refractivity contribution in [3.63, 3.8) is 0 Å². The maximum absolute atomic E-state index is 12.9. The molecule has 35 heavy (non-hydrogen) atoms. The quantitative estimate of drug-likeness (QED) is 0.232. The van der Waals surface area contributed by atoms with Gasteiger partial charge in [0.15, 0.2) is 11.5 Å². The fourth-order valence-electron chi connectivity index (χ4n) is 4.55. The number of likely N-dealkylation sites (tertiary alicyclic amines) is 1. The molecule has 1 aromatic rings. The molecule has 1 aromatic carbocycles. The number of hydrogen-bond acceptors (Lipinski definition) is 7. The zero-order valence-electron chi connectivity index (χ0n) is 20.6. The van der Waals surface area contributed by atoms with E-state index in [0.29, 0.717) is 43.2 Å².